The zero-order valence-electron chi connectivity index (χ0n) is 15.7. The largest absolute Gasteiger partial charge is 0.299 e. The average molecular weight is 338 g/mol. The van der Waals surface area contributed by atoms with Gasteiger partial charge in [0, 0.05) is 18.3 Å². The Bertz CT molecular complexity index is 729. The Hall–Kier alpha value is -1.18. The molecule has 0 radical (unpaired) electrons. The standard InChI is InChI=1S/C23H30O2/c1-3-20(25)23-12-10-22(11-13-23)19-7-4-15-14-16(24)5-6-17(15)18(19)8-9-21(22,23)2/h14,19H,3-13H2,1-2H3/t19-,21+,22?,23?/m1/s1. The molecule has 0 aromatic heterocycles. The fourth-order valence-electron chi connectivity index (χ4n) is 8.21. The Morgan fingerprint density at radius 2 is 1.84 bits per heavy atom. The number of ketones is 2. The molecule has 5 aliphatic carbocycles. The Morgan fingerprint density at radius 3 is 2.56 bits per heavy atom. The minimum atomic E-state index is -0.0173. The highest BCUT2D eigenvalue weighted by Crippen LogP contribution is 2.80. The fourth-order valence-corrected chi connectivity index (χ4v) is 8.21. The number of Topliss-reactive ketones (excluding diaryl/α,β-unsaturated/α-hetero) is 1. The summed E-state index contributed by atoms with van der Waals surface area (Å²) in [6, 6.07) is 0. The van der Waals surface area contributed by atoms with Crippen LogP contribution >= 0.6 is 0 Å². The second-order valence-corrected chi connectivity index (χ2v) is 9.58. The molecule has 0 aromatic carbocycles. The van der Waals surface area contributed by atoms with Gasteiger partial charge < -0.3 is 0 Å². The maximum atomic E-state index is 13.0. The molecule has 3 saturated carbocycles. The van der Waals surface area contributed by atoms with E-state index in [1.54, 1.807) is 11.1 Å². The maximum absolute atomic E-state index is 13.0. The number of allylic oxidation sites excluding steroid dienone is 4. The summed E-state index contributed by atoms with van der Waals surface area (Å²) in [4.78, 5) is 24.9. The van der Waals surface area contributed by atoms with Crippen molar-refractivity contribution in [3.8, 4) is 0 Å². The van der Waals surface area contributed by atoms with E-state index in [4.69, 9.17) is 0 Å². The molecule has 5 rings (SSSR count). The number of hydrogen-bond acceptors (Lipinski definition) is 2. The van der Waals surface area contributed by atoms with Crippen molar-refractivity contribution in [3.05, 3.63) is 22.8 Å². The van der Waals surface area contributed by atoms with Gasteiger partial charge in [-0.25, -0.2) is 0 Å². The molecule has 3 fully saturated rings. The van der Waals surface area contributed by atoms with Crippen LogP contribution < -0.4 is 0 Å². The van der Waals surface area contributed by atoms with Crippen molar-refractivity contribution in [3.63, 3.8) is 0 Å². The van der Waals surface area contributed by atoms with Crippen molar-refractivity contribution in [1.82, 2.24) is 0 Å². The van der Waals surface area contributed by atoms with Crippen molar-refractivity contribution < 1.29 is 9.59 Å². The molecule has 0 aromatic rings. The maximum Gasteiger partial charge on any atom is 0.156 e. The zero-order chi connectivity index (χ0) is 17.4. The van der Waals surface area contributed by atoms with Gasteiger partial charge in [-0.15, -0.1) is 0 Å². The summed E-state index contributed by atoms with van der Waals surface area (Å²) < 4.78 is 0. The van der Waals surface area contributed by atoms with Crippen LogP contribution in [0, 0.1) is 22.2 Å². The van der Waals surface area contributed by atoms with E-state index >= 15 is 0 Å². The first-order valence-electron chi connectivity index (χ1n) is 10.5. The van der Waals surface area contributed by atoms with Crippen LogP contribution in [0.25, 0.3) is 0 Å². The molecule has 134 valence electrons. The van der Waals surface area contributed by atoms with Gasteiger partial charge in [0.05, 0.1) is 0 Å². The van der Waals surface area contributed by atoms with E-state index in [-0.39, 0.29) is 10.8 Å². The third-order valence-corrected chi connectivity index (χ3v) is 9.42. The van der Waals surface area contributed by atoms with Gasteiger partial charge in [-0.05, 0) is 91.8 Å². The first-order chi connectivity index (χ1) is 12.0. The topological polar surface area (TPSA) is 34.1 Å². The van der Waals surface area contributed by atoms with Crippen molar-refractivity contribution in [2.45, 2.75) is 84.5 Å². The minimum absolute atomic E-state index is 0.0173. The molecule has 2 heteroatoms. The SMILES string of the molecule is CCC(=O)C12CCC3(CC1)[C@@H]1CCC4=CC(=O)CCC4=C1CC[C@]23C. The molecule has 2 bridgehead atoms. The van der Waals surface area contributed by atoms with Crippen molar-refractivity contribution in [2.24, 2.45) is 22.2 Å². The van der Waals surface area contributed by atoms with Crippen LogP contribution in [0.1, 0.15) is 84.5 Å². The van der Waals surface area contributed by atoms with E-state index in [0.29, 0.717) is 35.7 Å². The number of carbonyl (C=O) groups is 2. The lowest BCUT2D eigenvalue weighted by molar-refractivity contribution is -0.136. The third-order valence-electron chi connectivity index (χ3n) is 9.42. The van der Waals surface area contributed by atoms with Crippen LogP contribution in [0.15, 0.2) is 22.8 Å². The molecular formula is C23H30O2. The van der Waals surface area contributed by atoms with Gasteiger partial charge in [0.15, 0.2) is 5.78 Å². The quantitative estimate of drug-likeness (QED) is 0.682. The summed E-state index contributed by atoms with van der Waals surface area (Å²) in [7, 11) is 0. The average Bonchev–Trinajstić information content (AvgIpc) is 3.05. The molecule has 0 N–H and O–H groups in total. The number of rotatable bonds is 2. The van der Waals surface area contributed by atoms with Crippen LogP contribution in [-0.4, -0.2) is 11.6 Å². The Balaban J connectivity index is 1.62. The van der Waals surface area contributed by atoms with Crippen molar-refractivity contribution >= 4 is 11.6 Å². The molecule has 5 aliphatic rings. The smallest absolute Gasteiger partial charge is 0.156 e. The second-order valence-electron chi connectivity index (χ2n) is 9.58. The molecule has 2 nitrogen and oxygen atoms in total. The van der Waals surface area contributed by atoms with Gasteiger partial charge in [0.1, 0.15) is 5.78 Å². The predicted molar refractivity (Wildman–Crippen MR) is 98.0 cm³/mol. The highest BCUT2D eigenvalue weighted by Gasteiger charge is 2.74. The van der Waals surface area contributed by atoms with Gasteiger partial charge in [-0.1, -0.05) is 19.4 Å². The highest BCUT2D eigenvalue weighted by molar-refractivity contribution is 5.93. The molecular weight excluding hydrogens is 308 g/mol. The van der Waals surface area contributed by atoms with Crippen LogP contribution in [-0.2, 0) is 9.59 Å². The molecule has 0 saturated heterocycles. The molecule has 0 unspecified atom stereocenters. The van der Waals surface area contributed by atoms with Gasteiger partial charge in [0.2, 0.25) is 0 Å². The van der Waals surface area contributed by atoms with Crippen LogP contribution in [0.5, 0.6) is 0 Å². The van der Waals surface area contributed by atoms with Gasteiger partial charge in [0.25, 0.3) is 0 Å². The minimum Gasteiger partial charge on any atom is -0.299 e. The summed E-state index contributed by atoms with van der Waals surface area (Å²) in [6.45, 7) is 4.55. The summed E-state index contributed by atoms with van der Waals surface area (Å²) in [6.07, 6.45) is 13.8. The lowest BCUT2D eigenvalue weighted by Gasteiger charge is -2.55. The first-order valence-corrected chi connectivity index (χ1v) is 10.5. The van der Waals surface area contributed by atoms with Crippen molar-refractivity contribution in [2.75, 3.05) is 0 Å². The number of carbonyl (C=O) groups excluding carboxylic acids is 2. The first kappa shape index (κ1) is 16.0. The highest BCUT2D eigenvalue weighted by atomic mass is 16.1. The van der Waals surface area contributed by atoms with Gasteiger partial charge in [-0.3, -0.25) is 9.59 Å². The summed E-state index contributed by atoms with van der Waals surface area (Å²) in [5.41, 5.74) is 5.17. The Kier molecular flexibility index (Phi) is 3.18. The molecule has 0 spiro atoms. The van der Waals surface area contributed by atoms with Gasteiger partial charge >= 0.3 is 0 Å². The van der Waals surface area contributed by atoms with E-state index in [1.165, 1.54) is 37.7 Å². The van der Waals surface area contributed by atoms with E-state index in [0.717, 1.165) is 25.7 Å². The Labute approximate surface area is 151 Å². The molecule has 2 atom stereocenters. The lowest BCUT2D eigenvalue weighted by Crippen LogP contribution is -2.50. The number of hydrogen-bond donors (Lipinski definition) is 0. The van der Waals surface area contributed by atoms with Crippen molar-refractivity contribution in [1.29, 1.82) is 0 Å². The van der Waals surface area contributed by atoms with Crippen LogP contribution in [0.4, 0.5) is 0 Å². The third kappa shape index (κ3) is 1.68. The number of fused-ring (bicyclic) bond motifs is 2. The summed E-state index contributed by atoms with van der Waals surface area (Å²) in [5.74, 6) is 1.55. The molecule has 0 heterocycles. The zero-order valence-corrected chi connectivity index (χ0v) is 15.7. The Morgan fingerprint density at radius 1 is 1.08 bits per heavy atom. The van der Waals surface area contributed by atoms with E-state index in [2.05, 4.69) is 13.8 Å². The van der Waals surface area contributed by atoms with E-state index in [1.807, 2.05) is 6.08 Å². The predicted octanol–water partition coefficient (Wildman–Crippen LogP) is 5.32. The fraction of sp³-hybridized carbons (Fsp3) is 0.739. The van der Waals surface area contributed by atoms with Crippen LogP contribution in [0.3, 0.4) is 0 Å². The summed E-state index contributed by atoms with van der Waals surface area (Å²) in [5, 5.41) is 0. The lowest BCUT2D eigenvalue weighted by atomic mass is 9.48. The van der Waals surface area contributed by atoms with Crippen LogP contribution in [0.2, 0.25) is 0 Å². The summed E-state index contributed by atoms with van der Waals surface area (Å²) >= 11 is 0. The molecule has 25 heavy (non-hydrogen) atoms. The van der Waals surface area contributed by atoms with E-state index < -0.39 is 0 Å². The van der Waals surface area contributed by atoms with E-state index in [9.17, 15) is 9.59 Å². The van der Waals surface area contributed by atoms with Gasteiger partial charge in [-0.2, -0.15) is 0 Å². The second kappa shape index (κ2) is 4.96. The molecule has 0 aliphatic heterocycles. The normalized spacial score (nSPS) is 45.0. The molecule has 0 amide bonds. The monoisotopic (exact) mass is 338 g/mol.